The SMILES string of the molecule is CC(C)(C)[Si](OC1CCc2nc(C(=O)N3CCN(S(=O)(=O)c4cc5cc(Cl)ccc5[nH]4)CC3)sc2C1)(c1ccccc1)c1ccccc1. The van der Waals surface area contributed by atoms with Crippen molar-refractivity contribution in [2.75, 3.05) is 26.2 Å². The Kier molecular flexibility index (Phi) is 8.89. The standard InChI is InChI=1S/C36H39ClN4O4S2Si/c1-36(2,3)48(28-10-6-4-7-11-28,29-12-8-5-9-13-29)45-27-15-17-31-32(24-27)46-34(39-31)35(42)40-18-20-41(21-19-40)47(43,44)33-23-25-22-26(37)14-16-30(25)38-33/h4-14,16,22-23,27,38H,15,17-21,24H2,1-3H3. The number of sulfonamides is 1. The molecule has 7 rings (SSSR count). The molecule has 1 saturated heterocycles. The lowest BCUT2D eigenvalue weighted by atomic mass is 10.0. The molecule has 1 unspecified atom stereocenters. The first-order valence-corrected chi connectivity index (χ1v) is 20.9. The van der Waals surface area contributed by atoms with Crippen molar-refractivity contribution in [3.63, 3.8) is 0 Å². The van der Waals surface area contributed by atoms with Crippen LogP contribution in [0.4, 0.5) is 0 Å². The number of piperazine rings is 1. The van der Waals surface area contributed by atoms with Gasteiger partial charge in [-0.2, -0.15) is 4.31 Å². The Balaban J connectivity index is 1.06. The zero-order valence-electron chi connectivity index (χ0n) is 27.3. The lowest BCUT2D eigenvalue weighted by Crippen LogP contribution is -2.68. The highest BCUT2D eigenvalue weighted by molar-refractivity contribution is 7.89. The Morgan fingerprint density at radius 3 is 2.23 bits per heavy atom. The van der Waals surface area contributed by atoms with Gasteiger partial charge < -0.3 is 14.3 Å². The number of amides is 1. The first-order valence-electron chi connectivity index (χ1n) is 16.3. The molecule has 5 aromatic rings. The van der Waals surface area contributed by atoms with E-state index in [4.69, 9.17) is 21.0 Å². The molecule has 250 valence electrons. The van der Waals surface area contributed by atoms with E-state index in [1.807, 2.05) is 0 Å². The van der Waals surface area contributed by atoms with Crippen LogP contribution in [0.15, 0.2) is 90.0 Å². The number of aryl methyl sites for hydroxylation is 1. The van der Waals surface area contributed by atoms with Crippen LogP contribution in [0.25, 0.3) is 10.9 Å². The fourth-order valence-electron chi connectivity index (χ4n) is 7.10. The molecule has 1 aliphatic carbocycles. The van der Waals surface area contributed by atoms with Crippen LogP contribution < -0.4 is 10.4 Å². The van der Waals surface area contributed by atoms with Crippen LogP contribution in [0, 0.1) is 0 Å². The summed E-state index contributed by atoms with van der Waals surface area (Å²) in [5.41, 5.74) is 1.68. The van der Waals surface area contributed by atoms with Crippen LogP contribution in [0.5, 0.6) is 0 Å². The molecule has 2 aliphatic rings. The van der Waals surface area contributed by atoms with Crippen LogP contribution in [0.1, 0.15) is 47.6 Å². The molecule has 1 amide bonds. The summed E-state index contributed by atoms with van der Waals surface area (Å²) in [5, 5.41) is 4.26. The summed E-state index contributed by atoms with van der Waals surface area (Å²) in [5.74, 6) is -0.142. The molecule has 3 aromatic carbocycles. The molecule has 12 heteroatoms. The van der Waals surface area contributed by atoms with Crippen LogP contribution in [-0.2, 0) is 27.3 Å². The minimum Gasteiger partial charge on any atom is -0.404 e. The molecule has 0 bridgehead atoms. The van der Waals surface area contributed by atoms with Crippen LogP contribution in [0.3, 0.4) is 0 Å². The van der Waals surface area contributed by atoms with E-state index in [2.05, 4.69) is 86.4 Å². The maximum atomic E-state index is 13.7. The fraction of sp³-hybridized carbons (Fsp3) is 0.333. The molecule has 48 heavy (non-hydrogen) atoms. The third-order valence-electron chi connectivity index (χ3n) is 9.54. The van der Waals surface area contributed by atoms with Crippen LogP contribution in [-0.4, -0.2) is 74.1 Å². The Labute approximate surface area is 291 Å². The number of carbonyl (C=O) groups is 1. The van der Waals surface area contributed by atoms with Crippen molar-refractivity contribution in [3.8, 4) is 0 Å². The Morgan fingerprint density at radius 2 is 1.60 bits per heavy atom. The normalized spacial score (nSPS) is 17.8. The number of aromatic amines is 1. The monoisotopic (exact) mass is 718 g/mol. The quantitative estimate of drug-likeness (QED) is 0.213. The van der Waals surface area contributed by atoms with Crippen molar-refractivity contribution in [1.82, 2.24) is 19.2 Å². The number of aromatic nitrogens is 2. The number of hydrogen-bond donors (Lipinski definition) is 1. The van der Waals surface area contributed by atoms with Gasteiger partial charge in [-0.1, -0.05) is 93.0 Å². The third kappa shape index (κ3) is 6.05. The average molecular weight is 719 g/mol. The fourth-order valence-corrected chi connectivity index (χ4v) is 14.6. The first kappa shape index (κ1) is 33.2. The number of H-pyrrole nitrogens is 1. The highest BCUT2D eigenvalue weighted by Gasteiger charge is 2.51. The largest absolute Gasteiger partial charge is 0.404 e. The number of nitrogens with one attached hydrogen (secondary N) is 1. The molecule has 1 aliphatic heterocycles. The van der Waals surface area contributed by atoms with Gasteiger partial charge in [0.05, 0.1) is 11.8 Å². The zero-order chi connectivity index (χ0) is 33.7. The van der Waals surface area contributed by atoms with E-state index >= 15 is 0 Å². The lowest BCUT2D eigenvalue weighted by molar-refractivity contribution is 0.0697. The molecule has 0 radical (unpaired) electrons. The number of hydrogen-bond acceptors (Lipinski definition) is 6. The van der Waals surface area contributed by atoms with Gasteiger partial charge in [0.15, 0.2) is 5.01 Å². The zero-order valence-corrected chi connectivity index (χ0v) is 30.7. The van der Waals surface area contributed by atoms with Crippen molar-refractivity contribution < 1.29 is 17.6 Å². The Hall–Kier alpha value is -3.32. The minimum absolute atomic E-state index is 0.00150. The maximum absolute atomic E-state index is 13.7. The summed E-state index contributed by atoms with van der Waals surface area (Å²) in [6, 6.07) is 28.2. The molecule has 1 N–H and O–H groups in total. The topological polar surface area (TPSA) is 95.6 Å². The van der Waals surface area contributed by atoms with E-state index in [0.717, 1.165) is 28.8 Å². The highest BCUT2D eigenvalue weighted by Crippen LogP contribution is 2.40. The van der Waals surface area contributed by atoms with Gasteiger partial charge in [-0.25, -0.2) is 13.4 Å². The predicted molar refractivity (Wildman–Crippen MR) is 195 cm³/mol. The predicted octanol–water partition coefficient (Wildman–Crippen LogP) is 5.86. The third-order valence-corrected chi connectivity index (χ3v) is 17.8. The summed E-state index contributed by atoms with van der Waals surface area (Å²) in [4.78, 5) is 24.3. The smallest absolute Gasteiger partial charge is 0.282 e. The molecule has 1 fully saturated rings. The van der Waals surface area contributed by atoms with Gasteiger partial charge in [0.25, 0.3) is 24.2 Å². The summed E-state index contributed by atoms with van der Waals surface area (Å²) in [6.45, 7) is 7.89. The summed E-state index contributed by atoms with van der Waals surface area (Å²) in [6.07, 6.45) is 2.31. The van der Waals surface area contributed by atoms with Gasteiger partial charge in [-0.3, -0.25) is 4.79 Å². The van der Waals surface area contributed by atoms with Crippen molar-refractivity contribution in [2.45, 2.75) is 56.2 Å². The molecule has 0 saturated carbocycles. The number of halogens is 1. The van der Waals surface area contributed by atoms with Gasteiger partial charge in [-0.15, -0.1) is 11.3 Å². The van der Waals surface area contributed by atoms with E-state index < -0.39 is 18.3 Å². The van der Waals surface area contributed by atoms with Gasteiger partial charge >= 0.3 is 0 Å². The summed E-state index contributed by atoms with van der Waals surface area (Å²) >= 11 is 7.55. The molecule has 1 atom stereocenters. The van der Waals surface area contributed by atoms with Gasteiger partial charge in [-0.05, 0) is 52.5 Å². The van der Waals surface area contributed by atoms with Crippen molar-refractivity contribution >= 4 is 68.5 Å². The van der Waals surface area contributed by atoms with Gasteiger partial charge in [0.1, 0.15) is 5.03 Å². The second-order valence-corrected chi connectivity index (χ2v) is 21.3. The van der Waals surface area contributed by atoms with E-state index in [-0.39, 0.29) is 35.2 Å². The maximum Gasteiger partial charge on any atom is 0.282 e. The molecular weight excluding hydrogens is 680 g/mol. The first-order chi connectivity index (χ1) is 23.0. The molecule has 8 nitrogen and oxygen atoms in total. The minimum atomic E-state index is -3.75. The van der Waals surface area contributed by atoms with Crippen molar-refractivity contribution in [1.29, 1.82) is 0 Å². The number of thiazole rings is 1. The number of benzene rings is 3. The van der Waals surface area contributed by atoms with Crippen molar-refractivity contribution in [3.05, 3.63) is 106 Å². The van der Waals surface area contributed by atoms with Crippen LogP contribution in [0.2, 0.25) is 10.1 Å². The van der Waals surface area contributed by atoms with Gasteiger partial charge in [0, 0.05) is 53.4 Å². The number of carbonyl (C=O) groups excluding carboxylic acids is 1. The second kappa shape index (κ2) is 12.9. The highest BCUT2D eigenvalue weighted by atomic mass is 35.5. The molecule has 0 spiro atoms. The van der Waals surface area contributed by atoms with E-state index in [0.29, 0.717) is 35.1 Å². The molecule has 2 aromatic heterocycles. The van der Waals surface area contributed by atoms with Gasteiger partial charge in [0.2, 0.25) is 0 Å². The number of rotatable bonds is 7. The Bertz CT molecular complexity index is 2010. The number of nitrogens with zero attached hydrogens (tertiary/aromatic N) is 3. The molecule has 3 heterocycles. The summed E-state index contributed by atoms with van der Waals surface area (Å²) < 4.78 is 35.7. The molecular formula is C36H39ClN4O4S2Si. The average Bonchev–Trinajstić information content (AvgIpc) is 3.72. The van der Waals surface area contributed by atoms with Crippen LogP contribution >= 0.6 is 22.9 Å². The lowest BCUT2D eigenvalue weighted by Gasteiger charge is -2.45. The summed E-state index contributed by atoms with van der Waals surface area (Å²) in [7, 11) is -6.46. The van der Waals surface area contributed by atoms with E-state index in [9.17, 15) is 13.2 Å². The number of fused-ring (bicyclic) bond motifs is 2. The van der Waals surface area contributed by atoms with E-state index in [1.54, 1.807) is 29.2 Å². The second-order valence-electron chi connectivity index (χ2n) is 13.6. The van der Waals surface area contributed by atoms with E-state index in [1.165, 1.54) is 26.0 Å². The van der Waals surface area contributed by atoms with Crippen molar-refractivity contribution in [2.24, 2.45) is 0 Å². The Morgan fingerprint density at radius 1 is 0.958 bits per heavy atom.